The number of benzene rings is 2. The fourth-order valence-electron chi connectivity index (χ4n) is 4.22. The van der Waals surface area contributed by atoms with Crippen molar-refractivity contribution in [3.8, 4) is 11.5 Å². The van der Waals surface area contributed by atoms with E-state index in [4.69, 9.17) is 4.74 Å². The van der Waals surface area contributed by atoms with Crippen molar-refractivity contribution >= 4 is 11.4 Å². The molecule has 2 aromatic rings. The van der Waals surface area contributed by atoms with Crippen molar-refractivity contribution in [1.29, 1.82) is 0 Å². The van der Waals surface area contributed by atoms with Crippen LogP contribution in [-0.4, -0.2) is 53.3 Å². The Morgan fingerprint density at radius 1 is 1.10 bits per heavy atom. The standard InChI is InChI=1S/C20H19F4N3O4/c21-12-3-1-2-4-16(12)31-17-6-5-13(27(29)30)19(18(17)20(22,23)24)26-10-9-25-8-7-15(28)14(25)11-26/h1-6,14-15,28H,7-11H2. The van der Waals surface area contributed by atoms with Crippen molar-refractivity contribution in [3.63, 3.8) is 0 Å². The molecule has 31 heavy (non-hydrogen) atoms. The van der Waals surface area contributed by atoms with E-state index in [1.807, 2.05) is 4.90 Å². The second-order valence-electron chi connectivity index (χ2n) is 7.50. The van der Waals surface area contributed by atoms with Crippen LogP contribution < -0.4 is 9.64 Å². The molecule has 0 aliphatic carbocycles. The molecule has 166 valence electrons. The number of aliphatic hydroxyl groups excluding tert-OH is 1. The Hall–Kier alpha value is -2.92. The normalized spacial score (nSPS) is 21.8. The topological polar surface area (TPSA) is 79.1 Å². The SMILES string of the molecule is O=[N+]([O-])c1ccc(Oc2ccccc2F)c(C(F)(F)F)c1N1CCN2CCC(O)C2C1. The van der Waals surface area contributed by atoms with E-state index < -0.39 is 57.5 Å². The third-order valence-electron chi connectivity index (χ3n) is 5.66. The molecule has 2 heterocycles. The Bertz CT molecular complexity index is 1000. The maximum absolute atomic E-state index is 14.2. The van der Waals surface area contributed by atoms with Crippen LogP contribution in [0.15, 0.2) is 36.4 Å². The molecule has 2 aromatic carbocycles. The van der Waals surface area contributed by atoms with Gasteiger partial charge in [-0.2, -0.15) is 13.2 Å². The number of fused-ring (bicyclic) bond motifs is 1. The predicted molar refractivity (Wildman–Crippen MR) is 103 cm³/mol. The fraction of sp³-hybridized carbons (Fsp3) is 0.400. The van der Waals surface area contributed by atoms with Gasteiger partial charge in [-0.25, -0.2) is 4.39 Å². The molecular formula is C20H19F4N3O4. The van der Waals surface area contributed by atoms with Gasteiger partial charge in [-0.05, 0) is 24.6 Å². The number of para-hydroxylation sites is 1. The summed E-state index contributed by atoms with van der Waals surface area (Å²) in [5.41, 5.74) is -2.70. The highest BCUT2D eigenvalue weighted by Gasteiger charge is 2.45. The molecule has 1 N–H and O–H groups in total. The van der Waals surface area contributed by atoms with Crippen LogP contribution in [0.2, 0.25) is 0 Å². The number of aliphatic hydroxyl groups is 1. The van der Waals surface area contributed by atoms with Crippen molar-refractivity contribution in [2.45, 2.75) is 24.7 Å². The van der Waals surface area contributed by atoms with Crippen LogP contribution in [0, 0.1) is 15.9 Å². The third kappa shape index (κ3) is 4.02. The minimum atomic E-state index is -5.01. The van der Waals surface area contributed by atoms with Gasteiger partial charge in [-0.1, -0.05) is 12.1 Å². The van der Waals surface area contributed by atoms with Crippen LogP contribution in [0.3, 0.4) is 0 Å². The fourth-order valence-corrected chi connectivity index (χ4v) is 4.22. The van der Waals surface area contributed by atoms with Gasteiger partial charge in [-0.3, -0.25) is 15.0 Å². The van der Waals surface area contributed by atoms with Crippen LogP contribution >= 0.6 is 0 Å². The second kappa shape index (κ2) is 7.97. The third-order valence-corrected chi connectivity index (χ3v) is 5.66. The first-order valence-electron chi connectivity index (χ1n) is 9.65. The first-order chi connectivity index (χ1) is 14.7. The van der Waals surface area contributed by atoms with Gasteiger partial charge in [0.05, 0.1) is 17.1 Å². The van der Waals surface area contributed by atoms with Crippen LogP contribution in [0.25, 0.3) is 0 Å². The molecule has 2 aliphatic heterocycles. The number of hydrogen-bond acceptors (Lipinski definition) is 6. The molecular weight excluding hydrogens is 422 g/mol. The van der Waals surface area contributed by atoms with Gasteiger partial charge in [0.1, 0.15) is 17.0 Å². The van der Waals surface area contributed by atoms with E-state index in [1.54, 1.807) is 0 Å². The summed E-state index contributed by atoms with van der Waals surface area (Å²) in [6, 6.07) is 6.31. The largest absolute Gasteiger partial charge is 0.454 e. The lowest BCUT2D eigenvalue weighted by Gasteiger charge is -2.40. The number of rotatable bonds is 4. The second-order valence-corrected chi connectivity index (χ2v) is 7.50. The van der Waals surface area contributed by atoms with Crippen molar-refractivity contribution in [3.05, 3.63) is 57.9 Å². The van der Waals surface area contributed by atoms with E-state index in [9.17, 15) is 32.8 Å². The lowest BCUT2D eigenvalue weighted by molar-refractivity contribution is -0.384. The maximum Gasteiger partial charge on any atom is 0.422 e. The summed E-state index contributed by atoms with van der Waals surface area (Å²) in [6.45, 7) is 1.07. The summed E-state index contributed by atoms with van der Waals surface area (Å²) >= 11 is 0. The van der Waals surface area contributed by atoms with E-state index in [-0.39, 0.29) is 13.1 Å². The average Bonchev–Trinajstić information content (AvgIpc) is 3.08. The number of anilines is 1. The van der Waals surface area contributed by atoms with Gasteiger partial charge in [0.15, 0.2) is 11.6 Å². The molecule has 2 fully saturated rings. The minimum absolute atomic E-state index is 0.00572. The first-order valence-corrected chi connectivity index (χ1v) is 9.65. The van der Waals surface area contributed by atoms with Gasteiger partial charge in [0.25, 0.3) is 5.69 Å². The zero-order valence-electron chi connectivity index (χ0n) is 16.2. The van der Waals surface area contributed by atoms with E-state index >= 15 is 0 Å². The summed E-state index contributed by atoms with van der Waals surface area (Å²) in [4.78, 5) is 14.0. The highest BCUT2D eigenvalue weighted by atomic mass is 19.4. The molecule has 7 nitrogen and oxygen atoms in total. The zero-order chi connectivity index (χ0) is 22.3. The van der Waals surface area contributed by atoms with Crippen LogP contribution in [0.4, 0.5) is 28.9 Å². The number of nitro groups is 1. The Balaban J connectivity index is 1.83. The molecule has 0 saturated carbocycles. The van der Waals surface area contributed by atoms with Gasteiger partial charge in [-0.15, -0.1) is 0 Å². The summed E-state index contributed by atoms with van der Waals surface area (Å²) in [5.74, 6) is -2.02. The number of halogens is 4. The van der Waals surface area contributed by atoms with Crippen LogP contribution in [0.5, 0.6) is 11.5 Å². The summed E-state index contributed by atoms with van der Waals surface area (Å²) in [5, 5.41) is 21.8. The van der Waals surface area contributed by atoms with Crippen LogP contribution in [0.1, 0.15) is 12.0 Å². The molecule has 4 rings (SSSR count). The number of nitrogens with zero attached hydrogens (tertiary/aromatic N) is 3. The zero-order valence-corrected chi connectivity index (χ0v) is 16.2. The highest BCUT2D eigenvalue weighted by molar-refractivity contribution is 5.73. The Kier molecular flexibility index (Phi) is 5.48. The first kappa shape index (κ1) is 21.3. The van der Waals surface area contributed by atoms with Crippen molar-refractivity contribution < 1.29 is 32.3 Å². The number of ether oxygens (including phenoxy) is 1. The van der Waals surface area contributed by atoms with Crippen molar-refractivity contribution in [1.82, 2.24) is 4.90 Å². The number of alkyl halides is 3. The Labute approximate surface area is 174 Å². The van der Waals surface area contributed by atoms with Crippen LogP contribution in [-0.2, 0) is 6.18 Å². The van der Waals surface area contributed by atoms with Gasteiger partial charge < -0.3 is 14.7 Å². The lowest BCUT2D eigenvalue weighted by Crippen LogP contribution is -2.53. The lowest BCUT2D eigenvalue weighted by atomic mass is 10.0. The molecule has 0 spiro atoms. The van der Waals surface area contributed by atoms with Gasteiger partial charge >= 0.3 is 6.18 Å². The molecule has 0 radical (unpaired) electrons. The Morgan fingerprint density at radius 2 is 1.84 bits per heavy atom. The monoisotopic (exact) mass is 441 g/mol. The molecule has 2 atom stereocenters. The van der Waals surface area contributed by atoms with E-state index in [2.05, 4.69) is 0 Å². The average molecular weight is 441 g/mol. The summed E-state index contributed by atoms with van der Waals surface area (Å²) in [6.07, 6.45) is -5.25. The molecule has 2 aliphatic rings. The Morgan fingerprint density at radius 3 is 2.52 bits per heavy atom. The summed E-state index contributed by atoms with van der Waals surface area (Å²) < 4.78 is 61.8. The van der Waals surface area contributed by atoms with Gasteiger partial charge in [0.2, 0.25) is 0 Å². The molecule has 0 amide bonds. The number of piperazine rings is 1. The number of nitro benzene ring substituents is 1. The maximum atomic E-state index is 14.2. The van der Waals surface area contributed by atoms with Crippen molar-refractivity contribution in [2.75, 3.05) is 31.1 Å². The van der Waals surface area contributed by atoms with Gasteiger partial charge in [0, 0.05) is 32.2 Å². The smallest absolute Gasteiger partial charge is 0.422 e. The van der Waals surface area contributed by atoms with E-state index in [1.165, 1.54) is 23.1 Å². The number of hydrogen-bond donors (Lipinski definition) is 1. The van der Waals surface area contributed by atoms with E-state index in [0.717, 1.165) is 18.2 Å². The minimum Gasteiger partial charge on any atom is -0.454 e. The highest BCUT2D eigenvalue weighted by Crippen LogP contribution is 2.49. The molecule has 0 bridgehead atoms. The molecule has 0 aromatic heterocycles. The van der Waals surface area contributed by atoms with Crippen molar-refractivity contribution in [2.24, 2.45) is 0 Å². The predicted octanol–water partition coefficient (Wildman–Crippen LogP) is 3.80. The molecule has 2 saturated heterocycles. The molecule has 11 heteroatoms. The summed E-state index contributed by atoms with van der Waals surface area (Å²) in [7, 11) is 0. The quantitative estimate of drug-likeness (QED) is 0.442. The molecule has 2 unspecified atom stereocenters. The van der Waals surface area contributed by atoms with E-state index in [0.29, 0.717) is 19.5 Å².